The number of rotatable bonds is 7. The van der Waals surface area contributed by atoms with Crippen LogP contribution in [-0.2, 0) is 16.6 Å². The number of ether oxygens (including phenoxy) is 1. The highest BCUT2D eigenvalue weighted by Crippen LogP contribution is 2.29. The van der Waals surface area contributed by atoms with E-state index in [0.29, 0.717) is 43.3 Å². The predicted molar refractivity (Wildman–Crippen MR) is 118 cm³/mol. The maximum atomic E-state index is 13.1. The Kier molecular flexibility index (Phi) is 6.28. The molecule has 1 N–H and O–H groups in total. The van der Waals surface area contributed by atoms with Crippen molar-refractivity contribution in [1.29, 1.82) is 0 Å². The minimum absolute atomic E-state index is 0.221. The molecule has 1 saturated heterocycles. The van der Waals surface area contributed by atoms with Crippen LogP contribution in [0.5, 0.6) is 5.75 Å². The predicted octanol–water partition coefficient (Wildman–Crippen LogP) is 2.18. The first-order valence-electron chi connectivity index (χ1n) is 10.5. The van der Waals surface area contributed by atoms with Gasteiger partial charge in [0.15, 0.2) is 5.65 Å². The van der Waals surface area contributed by atoms with Crippen molar-refractivity contribution < 1.29 is 13.2 Å². The van der Waals surface area contributed by atoms with Gasteiger partial charge >= 0.3 is 5.69 Å². The van der Waals surface area contributed by atoms with E-state index in [9.17, 15) is 13.2 Å². The quantitative estimate of drug-likeness (QED) is 0.599. The molecule has 1 fully saturated rings. The third kappa shape index (κ3) is 4.45. The number of nitrogens with zero attached hydrogens (tertiary/aromatic N) is 4. The molecule has 9 nitrogen and oxygen atoms in total. The van der Waals surface area contributed by atoms with Gasteiger partial charge in [0, 0.05) is 25.8 Å². The SMILES string of the molecule is COc1ccc(S(=O)(=O)N2CCCCCC2)cc1NCCn1nc2ccccn2c1=O. The van der Waals surface area contributed by atoms with E-state index in [1.807, 2.05) is 6.07 Å². The van der Waals surface area contributed by atoms with Crippen LogP contribution in [0.15, 0.2) is 52.3 Å². The lowest BCUT2D eigenvalue weighted by Crippen LogP contribution is -2.32. The molecule has 0 unspecified atom stereocenters. The molecule has 31 heavy (non-hydrogen) atoms. The number of fused-ring (bicyclic) bond motifs is 1. The van der Waals surface area contributed by atoms with Crippen molar-refractivity contribution >= 4 is 21.4 Å². The molecule has 0 amide bonds. The average Bonchev–Trinajstić information content (AvgIpc) is 2.95. The molecule has 0 spiro atoms. The average molecular weight is 446 g/mol. The number of sulfonamides is 1. The minimum atomic E-state index is -3.57. The van der Waals surface area contributed by atoms with Crippen LogP contribution >= 0.6 is 0 Å². The Bertz CT molecular complexity index is 1210. The van der Waals surface area contributed by atoms with Crippen molar-refractivity contribution in [1.82, 2.24) is 18.5 Å². The Labute approximate surface area is 181 Å². The van der Waals surface area contributed by atoms with Gasteiger partial charge in [0.1, 0.15) is 5.75 Å². The molecule has 10 heteroatoms. The van der Waals surface area contributed by atoms with Crippen molar-refractivity contribution in [3.8, 4) is 5.75 Å². The minimum Gasteiger partial charge on any atom is -0.495 e. The molecule has 3 heterocycles. The van der Waals surface area contributed by atoms with Gasteiger partial charge in [-0.3, -0.25) is 4.40 Å². The van der Waals surface area contributed by atoms with E-state index in [1.54, 1.807) is 40.8 Å². The molecule has 3 aromatic rings. The highest BCUT2D eigenvalue weighted by atomic mass is 32.2. The maximum Gasteiger partial charge on any atom is 0.350 e. The first kappa shape index (κ1) is 21.4. The van der Waals surface area contributed by atoms with Crippen LogP contribution in [0, 0.1) is 0 Å². The third-order valence-electron chi connectivity index (χ3n) is 5.50. The highest BCUT2D eigenvalue weighted by molar-refractivity contribution is 7.89. The van der Waals surface area contributed by atoms with Crippen molar-refractivity contribution in [2.24, 2.45) is 0 Å². The summed E-state index contributed by atoms with van der Waals surface area (Å²) in [5, 5.41) is 7.50. The van der Waals surface area contributed by atoms with Crippen molar-refractivity contribution in [2.45, 2.75) is 37.1 Å². The standard InChI is InChI=1S/C21H27N5O4S/c1-30-19-10-9-17(31(28,29)24-12-5-2-3-6-13-24)16-18(19)22-11-15-26-21(27)25-14-7-4-8-20(25)23-26/h4,7-10,14,16,22H,2-3,5-6,11-13,15H2,1H3. The molecular formula is C21H27N5O4S. The van der Waals surface area contributed by atoms with Crippen LogP contribution in [0.2, 0.25) is 0 Å². The second-order valence-corrected chi connectivity index (χ2v) is 9.48. The van der Waals surface area contributed by atoms with Gasteiger partial charge in [0.25, 0.3) is 0 Å². The Balaban J connectivity index is 1.52. The normalized spacial score (nSPS) is 15.6. The number of anilines is 1. The van der Waals surface area contributed by atoms with Gasteiger partial charge in [-0.1, -0.05) is 18.9 Å². The lowest BCUT2D eigenvalue weighted by molar-refractivity contribution is 0.414. The van der Waals surface area contributed by atoms with Crippen molar-refractivity contribution in [3.63, 3.8) is 0 Å². The second-order valence-electron chi connectivity index (χ2n) is 7.54. The van der Waals surface area contributed by atoms with E-state index in [2.05, 4.69) is 10.4 Å². The van der Waals surface area contributed by atoms with Crippen molar-refractivity contribution in [3.05, 3.63) is 53.1 Å². The van der Waals surface area contributed by atoms with Crippen LogP contribution < -0.4 is 15.7 Å². The smallest absolute Gasteiger partial charge is 0.350 e. The van der Waals surface area contributed by atoms with E-state index in [-0.39, 0.29) is 10.6 Å². The fourth-order valence-corrected chi connectivity index (χ4v) is 5.37. The molecule has 0 saturated carbocycles. The zero-order valence-electron chi connectivity index (χ0n) is 17.5. The molecule has 1 aromatic carbocycles. The van der Waals surface area contributed by atoms with E-state index >= 15 is 0 Å². The Morgan fingerprint density at radius 3 is 2.58 bits per heavy atom. The number of methoxy groups -OCH3 is 1. The summed E-state index contributed by atoms with van der Waals surface area (Å²) in [5.41, 5.74) is 0.924. The molecular weight excluding hydrogens is 418 g/mol. The summed E-state index contributed by atoms with van der Waals surface area (Å²) in [5.74, 6) is 0.539. The summed E-state index contributed by atoms with van der Waals surface area (Å²) < 4.78 is 36.1. The van der Waals surface area contributed by atoms with E-state index in [1.165, 1.54) is 16.2 Å². The van der Waals surface area contributed by atoms with Gasteiger partial charge in [-0.15, -0.1) is 5.10 Å². The number of benzene rings is 1. The summed E-state index contributed by atoms with van der Waals surface area (Å²) in [7, 11) is -2.03. The van der Waals surface area contributed by atoms with Gasteiger partial charge < -0.3 is 10.1 Å². The summed E-state index contributed by atoms with van der Waals surface area (Å²) in [6.07, 6.45) is 5.56. The molecule has 2 aromatic heterocycles. The fraction of sp³-hybridized carbons (Fsp3) is 0.429. The van der Waals surface area contributed by atoms with Crippen molar-refractivity contribution in [2.75, 3.05) is 32.1 Å². The number of aromatic nitrogens is 3. The number of pyridine rings is 1. The summed E-state index contributed by atoms with van der Waals surface area (Å²) in [6.45, 7) is 1.81. The Morgan fingerprint density at radius 2 is 1.87 bits per heavy atom. The highest BCUT2D eigenvalue weighted by Gasteiger charge is 2.26. The van der Waals surface area contributed by atoms with Gasteiger partial charge in [-0.25, -0.2) is 17.9 Å². The maximum absolute atomic E-state index is 13.1. The summed E-state index contributed by atoms with van der Waals surface area (Å²) in [4.78, 5) is 12.6. The lowest BCUT2D eigenvalue weighted by Gasteiger charge is -2.21. The van der Waals surface area contributed by atoms with Crippen LogP contribution in [0.4, 0.5) is 5.69 Å². The van der Waals surface area contributed by atoms with Crippen LogP contribution in [-0.4, -0.2) is 53.6 Å². The number of nitrogens with one attached hydrogen (secondary N) is 1. The van der Waals surface area contributed by atoms with E-state index in [4.69, 9.17) is 4.74 Å². The zero-order chi connectivity index (χ0) is 21.8. The van der Waals surface area contributed by atoms with Gasteiger partial charge in [-0.05, 0) is 43.2 Å². The topological polar surface area (TPSA) is 97.9 Å². The van der Waals surface area contributed by atoms with Gasteiger partial charge in [0.05, 0.1) is 24.2 Å². The number of hydrogen-bond acceptors (Lipinski definition) is 6. The summed E-state index contributed by atoms with van der Waals surface area (Å²) >= 11 is 0. The first-order chi connectivity index (χ1) is 15.0. The molecule has 4 rings (SSSR count). The van der Waals surface area contributed by atoms with E-state index in [0.717, 1.165) is 25.7 Å². The molecule has 0 radical (unpaired) electrons. The molecule has 0 atom stereocenters. The Morgan fingerprint density at radius 1 is 1.10 bits per heavy atom. The van der Waals surface area contributed by atoms with E-state index < -0.39 is 10.0 Å². The molecule has 0 bridgehead atoms. The van der Waals surface area contributed by atoms with Crippen LogP contribution in [0.25, 0.3) is 5.65 Å². The molecule has 1 aliphatic rings. The molecule has 1 aliphatic heterocycles. The second kappa shape index (κ2) is 9.11. The van der Waals surface area contributed by atoms with Crippen LogP contribution in [0.1, 0.15) is 25.7 Å². The van der Waals surface area contributed by atoms with Gasteiger partial charge in [-0.2, -0.15) is 4.31 Å². The zero-order valence-corrected chi connectivity index (χ0v) is 18.3. The fourth-order valence-electron chi connectivity index (χ4n) is 3.83. The third-order valence-corrected chi connectivity index (χ3v) is 7.40. The summed E-state index contributed by atoms with van der Waals surface area (Å²) in [6, 6.07) is 10.2. The van der Waals surface area contributed by atoms with Gasteiger partial charge in [0.2, 0.25) is 10.0 Å². The number of hydrogen-bond donors (Lipinski definition) is 1. The van der Waals surface area contributed by atoms with Crippen LogP contribution in [0.3, 0.4) is 0 Å². The Hall–Kier alpha value is -2.85. The lowest BCUT2D eigenvalue weighted by atomic mass is 10.2. The first-order valence-corrected chi connectivity index (χ1v) is 11.9. The largest absolute Gasteiger partial charge is 0.495 e. The molecule has 166 valence electrons. The molecule has 0 aliphatic carbocycles. The monoisotopic (exact) mass is 445 g/mol.